The molecule has 34 heavy (non-hydrogen) atoms. The van der Waals surface area contributed by atoms with Gasteiger partial charge in [-0.15, -0.1) is 0 Å². The summed E-state index contributed by atoms with van der Waals surface area (Å²) in [6.07, 6.45) is 2.11. The number of hydrogen-bond donors (Lipinski definition) is 3. The molecule has 1 aliphatic carbocycles. The zero-order valence-electron chi connectivity index (χ0n) is 18.6. The van der Waals surface area contributed by atoms with Gasteiger partial charge in [-0.2, -0.15) is 0 Å². The highest BCUT2D eigenvalue weighted by molar-refractivity contribution is 6.05. The van der Waals surface area contributed by atoms with Crippen molar-refractivity contribution < 1.29 is 24.2 Å². The lowest BCUT2D eigenvalue weighted by molar-refractivity contribution is -0.111. The second-order valence-corrected chi connectivity index (χ2v) is 7.90. The second kappa shape index (κ2) is 10.0. The number of aromatic carboxylic acids is 1. The van der Waals surface area contributed by atoms with Crippen LogP contribution in [0.1, 0.15) is 33.0 Å². The average Bonchev–Trinajstić information content (AvgIpc) is 3.14. The van der Waals surface area contributed by atoms with Crippen molar-refractivity contribution >= 4 is 23.7 Å². The topological polar surface area (TPSA) is 105 Å². The standard InChI is InChI=1S/C27H24N2O5/c1-17-8-6-13-23(25(17)26(31)32)29-24(30)14-7-15-28-27(33)34-16-22-20-11-4-2-9-18(20)19-10-3-5-12-21(19)22/h2-14,22H,15-16H2,1H3,(H,28,33)(H,29,30)(H,31,32)/b14-7+. The summed E-state index contributed by atoms with van der Waals surface area (Å²) in [4.78, 5) is 35.7. The van der Waals surface area contributed by atoms with E-state index in [1.165, 1.54) is 18.2 Å². The summed E-state index contributed by atoms with van der Waals surface area (Å²) >= 11 is 0. The quantitative estimate of drug-likeness (QED) is 0.446. The molecular formula is C27H24N2O5. The second-order valence-electron chi connectivity index (χ2n) is 7.90. The van der Waals surface area contributed by atoms with Gasteiger partial charge in [0.1, 0.15) is 6.61 Å². The molecule has 0 radical (unpaired) electrons. The molecule has 7 nitrogen and oxygen atoms in total. The molecule has 3 N–H and O–H groups in total. The molecule has 0 aromatic heterocycles. The van der Waals surface area contributed by atoms with Gasteiger partial charge in [0.05, 0.1) is 11.3 Å². The van der Waals surface area contributed by atoms with Gasteiger partial charge in [-0.1, -0.05) is 66.7 Å². The molecule has 0 aliphatic heterocycles. The van der Waals surface area contributed by atoms with Crippen LogP contribution in [0.4, 0.5) is 10.5 Å². The SMILES string of the molecule is Cc1cccc(NC(=O)/C=C/CNC(=O)OCC2c3ccccc3-c3ccccc32)c1C(=O)O. The molecule has 0 spiro atoms. The summed E-state index contributed by atoms with van der Waals surface area (Å²) in [6, 6.07) is 21.0. The number of alkyl carbamates (subject to hydrolysis) is 1. The van der Waals surface area contributed by atoms with Crippen LogP contribution in [0.3, 0.4) is 0 Å². The van der Waals surface area contributed by atoms with E-state index in [4.69, 9.17) is 4.74 Å². The third-order valence-corrected chi connectivity index (χ3v) is 5.72. The average molecular weight is 456 g/mol. The third-order valence-electron chi connectivity index (χ3n) is 5.72. The Kier molecular flexibility index (Phi) is 6.73. The maximum absolute atomic E-state index is 12.2. The van der Waals surface area contributed by atoms with Gasteiger partial charge < -0.3 is 20.5 Å². The molecule has 0 heterocycles. The van der Waals surface area contributed by atoms with Crippen LogP contribution in [-0.4, -0.2) is 36.2 Å². The zero-order valence-corrected chi connectivity index (χ0v) is 18.6. The maximum Gasteiger partial charge on any atom is 0.407 e. The number of carbonyl (C=O) groups is 3. The predicted molar refractivity (Wildman–Crippen MR) is 129 cm³/mol. The molecule has 4 rings (SSSR count). The number of carboxylic acid groups (broad SMARTS) is 1. The minimum Gasteiger partial charge on any atom is -0.478 e. The third kappa shape index (κ3) is 4.83. The minimum atomic E-state index is -1.12. The van der Waals surface area contributed by atoms with Crippen LogP contribution in [0.2, 0.25) is 0 Å². The molecule has 2 amide bonds. The first-order valence-corrected chi connectivity index (χ1v) is 10.8. The number of carboxylic acids is 1. The van der Waals surface area contributed by atoms with Gasteiger partial charge in [0.25, 0.3) is 0 Å². The van der Waals surface area contributed by atoms with E-state index < -0.39 is 18.0 Å². The summed E-state index contributed by atoms with van der Waals surface area (Å²) in [7, 11) is 0. The molecular weight excluding hydrogens is 432 g/mol. The largest absolute Gasteiger partial charge is 0.478 e. The van der Waals surface area contributed by atoms with E-state index >= 15 is 0 Å². The van der Waals surface area contributed by atoms with Crippen LogP contribution >= 0.6 is 0 Å². The number of rotatable bonds is 7. The Balaban J connectivity index is 1.28. The molecule has 7 heteroatoms. The summed E-state index contributed by atoms with van der Waals surface area (Å²) in [5, 5.41) is 14.5. The number of anilines is 1. The van der Waals surface area contributed by atoms with Gasteiger partial charge >= 0.3 is 12.1 Å². The van der Waals surface area contributed by atoms with Gasteiger partial charge in [-0.05, 0) is 40.8 Å². The Morgan fingerprint density at radius 2 is 1.59 bits per heavy atom. The number of ether oxygens (including phenoxy) is 1. The molecule has 0 unspecified atom stereocenters. The van der Waals surface area contributed by atoms with Crippen LogP contribution < -0.4 is 10.6 Å². The Morgan fingerprint density at radius 1 is 0.941 bits per heavy atom. The van der Waals surface area contributed by atoms with Crippen molar-refractivity contribution in [3.8, 4) is 11.1 Å². The first-order chi connectivity index (χ1) is 16.5. The monoisotopic (exact) mass is 456 g/mol. The predicted octanol–water partition coefficient (Wildman–Crippen LogP) is 4.73. The fraction of sp³-hybridized carbons (Fsp3) is 0.148. The summed E-state index contributed by atoms with van der Waals surface area (Å²) < 4.78 is 5.45. The highest BCUT2D eigenvalue weighted by Gasteiger charge is 2.28. The Labute approximate surface area is 197 Å². The molecule has 0 saturated carbocycles. The fourth-order valence-corrected chi connectivity index (χ4v) is 4.19. The van der Waals surface area contributed by atoms with Crippen LogP contribution in [0.15, 0.2) is 78.9 Å². The number of amides is 2. The molecule has 1 aliphatic rings. The smallest absolute Gasteiger partial charge is 0.407 e. The van der Waals surface area contributed by atoms with Gasteiger partial charge in [-0.25, -0.2) is 9.59 Å². The van der Waals surface area contributed by atoms with Crippen molar-refractivity contribution in [2.45, 2.75) is 12.8 Å². The lowest BCUT2D eigenvalue weighted by Crippen LogP contribution is -2.26. The van der Waals surface area contributed by atoms with Gasteiger partial charge in [0, 0.05) is 18.5 Å². The molecule has 0 saturated heterocycles. The summed E-state index contributed by atoms with van der Waals surface area (Å²) in [6.45, 7) is 1.95. The first kappa shape index (κ1) is 22.8. The zero-order chi connectivity index (χ0) is 24.1. The highest BCUT2D eigenvalue weighted by Crippen LogP contribution is 2.44. The van der Waals surface area contributed by atoms with Gasteiger partial charge in [-0.3, -0.25) is 4.79 Å². The molecule has 0 bridgehead atoms. The van der Waals surface area contributed by atoms with E-state index in [1.807, 2.05) is 36.4 Å². The van der Waals surface area contributed by atoms with E-state index in [0.29, 0.717) is 5.56 Å². The van der Waals surface area contributed by atoms with E-state index in [1.54, 1.807) is 19.1 Å². The van der Waals surface area contributed by atoms with Crippen molar-refractivity contribution in [2.75, 3.05) is 18.5 Å². The maximum atomic E-state index is 12.2. The number of benzene rings is 3. The van der Waals surface area contributed by atoms with Crippen molar-refractivity contribution in [3.05, 3.63) is 101 Å². The number of carbonyl (C=O) groups excluding carboxylic acids is 2. The van der Waals surface area contributed by atoms with E-state index in [9.17, 15) is 19.5 Å². The normalized spacial score (nSPS) is 12.1. The fourth-order valence-electron chi connectivity index (χ4n) is 4.19. The Bertz CT molecular complexity index is 1240. The summed E-state index contributed by atoms with van der Waals surface area (Å²) in [5.74, 6) is -1.64. The first-order valence-electron chi connectivity index (χ1n) is 10.8. The minimum absolute atomic E-state index is 0.0303. The highest BCUT2D eigenvalue weighted by atomic mass is 16.5. The lowest BCUT2D eigenvalue weighted by Gasteiger charge is -2.14. The lowest BCUT2D eigenvalue weighted by atomic mass is 9.98. The number of nitrogens with one attached hydrogen (secondary N) is 2. The molecule has 3 aromatic carbocycles. The van der Waals surface area contributed by atoms with Crippen molar-refractivity contribution in [1.29, 1.82) is 0 Å². The van der Waals surface area contributed by atoms with Crippen molar-refractivity contribution in [3.63, 3.8) is 0 Å². The molecule has 172 valence electrons. The van der Waals surface area contributed by atoms with E-state index in [-0.39, 0.29) is 30.3 Å². The number of aryl methyl sites for hydroxylation is 1. The van der Waals surface area contributed by atoms with Crippen LogP contribution in [0.25, 0.3) is 11.1 Å². The van der Waals surface area contributed by atoms with Crippen LogP contribution in [0, 0.1) is 6.92 Å². The van der Waals surface area contributed by atoms with Crippen LogP contribution in [-0.2, 0) is 9.53 Å². The molecule has 0 fully saturated rings. The molecule has 0 atom stereocenters. The van der Waals surface area contributed by atoms with Gasteiger partial charge in [0.15, 0.2) is 0 Å². The molecule has 3 aromatic rings. The number of hydrogen-bond acceptors (Lipinski definition) is 4. The van der Waals surface area contributed by atoms with E-state index in [0.717, 1.165) is 22.3 Å². The van der Waals surface area contributed by atoms with Crippen LogP contribution in [0.5, 0.6) is 0 Å². The number of fused-ring (bicyclic) bond motifs is 3. The Hall–Kier alpha value is -4.39. The van der Waals surface area contributed by atoms with E-state index in [2.05, 4.69) is 22.8 Å². The Morgan fingerprint density at radius 3 is 2.24 bits per heavy atom. The van der Waals surface area contributed by atoms with Crippen molar-refractivity contribution in [1.82, 2.24) is 5.32 Å². The van der Waals surface area contributed by atoms with Crippen molar-refractivity contribution in [2.24, 2.45) is 0 Å². The summed E-state index contributed by atoms with van der Waals surface area (Å²) in [5.41, 5.74) is 5.37. The van der Waals surface area contributed by atoms with Gasteiger partial charge in [0.2, 0.25) is 5.91 Å².